The van der Waals surface area contributed by atoms with Gasteiger partial charge in [-0.05, 0) is 38.8 Å². The molecule has 0 radical (unpaired) electrons. The Bertz CT molecular complexity index is 654. The van der Waals surface area contributed by atoms with E-state index in [1.807, 2.05) is 6.07 Å². The summed E-state index contributed by atoms with van der Waals surface area (Å²) in [6.07, 6.45) is 3.53. The van der Waals surface area contributed by atoms with E-state index in [1.54, 1.807) is 32.9 Å². The fourth-order valence-corrected chi connectivity index (χ4v) is 1.68. The Balaban J connectivity index is 2.54. The number of hydrogen-bond donors (Lipinski definition) is 1. The molecule has 0 bridgehead atoms. The lowest BCUT2D eigenvalue weighted by molar-refractivity contribution is -0.384. The van der Waals surface area contributed by atoms with Gasteiger partial charge in [-0.25, -0.2) is 4.79 Å². The van der Waals surface area contributed by atoms with Crippen LogP contribution in [0.25, 0.3) is 6.08 Å². The predicted molar refractivity (Wildman–Crippen MR) is 85.7 cm³/mol. The van der Waals surface area contributed by atoms with Gasteiger partial charge in [-0.3, -0.25) is 10.1 Å². The largest absolute Gasteiger partial charge is 0.444 e. The number of nitro benzene ring substituents is 1. The number of carbonyl (C=O) groups is 1. The molecule has 0 aromatic heterocycles. The Morgan fingerprint density at radius 3 is 2.74 bits per heavy atom. The van der Waals surface area contributed by atoms with Crippen molar-refractivity contribution in [1.82, 2.24) is 5.32 Å². The minimum absolute atomic E-state index is 0.120. The van der Waals surface area contributed by atoms with E-state index in [0.29, 0.717) is 18.5 Å². The molecule has 1 N–H and O–H groups in total. The van der Waals surface area contributed by atoms with Crippen LogP contribution in [0.2, 0.25) is 0 Å². The SMILES string of the molecule is CC(C)(C)OC(=O)NCCC=Cc1ccc([N+](=O)[O-])cc1C#N. The van der Waals surface area contributed by atoms with Crippen molar-refractivity contribution in [3.05, 3.63) is 45.5 Å². The van der Waals surface area contributed by atoms with Crippen molar-refractivity contribution in [1.29, 1.82) is 5.26 Å². The Hall–Kier alpha value is -2.88. The summed E-state index contributed by atoms with van der Waals surface area (Å²) in [7, 11) is 0. The van der Waals surface area contributed by atoms with E-state index >= 15 is 0 Å². The molecule has 7 heteroatoms. The highest BCUT2D eigenvalue weighted by Gasteiger charge is 2.15. The molecule has 7 nitrogen and oxygen atoms in total. The van der Waals surface area contributed by atoms with Gasteiger partial charge in [0.15, 0.2) is 0 Å². The van der Waals surface area contributed by atoms with Crippen molar-refractivity contribution in [2.24, 2.45) is 0 Å². The first kappa shape index (κ1) is 18.2. The predicted octanol–water partition coefficient (Wildman–Crippen LogP) is 3.39. The maximum Gasteiger partial charge on any atom is 0.407 e. The molecular weight excluding hydrogens is 298 g/mol. The van der Waals surface area contributed by atoms with Crippen LogP contribution in [0.3, 0.4) is 0 Å². The minimum atomic E-state index is -0.543. The molecule has 0 aliphatic carbocycles. The molecule has 0 saturated carbocycles. The first-order valence-corrected chi connectivity index (χ1v) is 7.05. The lowest BCUT2D eigenvalue weighted by Gasteiger charge is -2.19. The summed E-state index contributed by atoms with van der Waals surface area (Å²) in [5, 5.41) is 22.3. The Morgan fingerprint density at radius 2 is 2.17 bits per heavy atom. The zero-order chi connectivity index (χ0) is 17.5. The number of hydrogen-bond acceptors (Lipinski definition) is 5. The average molecular weight is 317 g/mol. The lowest BCUT2D eigenvalue weighted by atomic mass is 10.1. The zero-order valence-electron chi connectivity index (χ0n) is 13.3. The average Bonchev–Trinajstić information content (AvgIpc) is 2.44. The van der Waals surface area contributed by atoms with Crippen LogP contribution < -0.4 is 5.32 Å². The fourth-order valence-electron chi connectivity index (χ4n) is 1.68. The highest BCUT2D eigenvalue weighted by atomic mass is 16.6. The number of amides is 1. The lowest BCUT2D eigenvalue weighted by Crippen LogP contribution is -2.32. The summed E-state index contributed by atoms with van der Waals surface area (Å²) < 4.78 is 5.09. The minimum Gasteiger partial charge on any atom is -0.444 e. The maximum absolute atomic E-state index is 11.4. The number of carbonyl (C=O) groups excluding carboxylic acids is 1. The molecule has 122 valence electrons. The first-order valence-electron chi connectivity index (χ1n) is 7.05. The summed E-state index contributed by atoms with van der Waals surface area (Å²) in [6.45, 7) is 5.74. The quantitative estimate of drug-likeness (QED) is 0.509. The second kappa shape index (κ2) is 7.94. The highest BCUT2D eigenvalue weighted by molar-refractivity contribution is 5.67. The maximum atomic E-state index is 11.4. The molecule has 0 aliphatic heterocycles. The topological polar surface area (TPSA) is 105 Å². The summed E-state index contributed by atoms with van der Waals surface area (Å²) in [4.78, 5) is 21.6. The number of nitrogens with zero attached hydrogens (tertiary/aromatic N) is 2. The molecule has 1 aromatic carbocycles. The molecule has 23 heavy (non-hydrogen) atoms. The van der Waals surface area contributed by atoms with E-state index < -0.39 is 16.6 Å². The van der Waals surface area contributed by atoms with E-state index in [1.165, 1.54) is 18.2 Å². The second-order valence-corrected chi connectivity index (χ2v) is 5.76. The molecule has 0 unspecified atom stereocenters. The van der Waals surface area contributed by atoms with Gasteiger partial charge in [0.1, 0.15) is 11.7 Å². The number of ether oxygens (including phenoxy) is 1. The molecule has 0 aliphatic rings. The van der Waals surface area contributed by atoms with Gasteiger partial charge in [0.05, 0.1) is 10.5 Å². The zero-order valence-corrected chi connectivity index (χ0v) is 13.3. The number of nitrogens with one attached hydrogen (secondary N) is 1. The molecule has 1 rings (SSSR count). The molecular formula is C16H19N3O4. The number of nitro groups is 1. The standard InChI is InChI=1S/C16H19N3O4/c1-16(2,3)23-15(20)18-9-5-4-6-12-7-8-14(19(21)22)10-13(12)11-17/h4,6-8,10H,5,9H2,1-3H3,(H,18,20). The van der Waals surface area contributed by atoms with Gasteiger partial charge >= 0.3 is 6.09 Å². The normalized spacial score (nSPS) is 11.0. The van der Waals surface area contributed by atoms with Gasteiger partial charge in [-0.1, -0.05) is 12.2 Å². The number of benzene rings is 1. The van der Waals surface area contributed by atoms with Gasteiger partial charge in [0, 0.05) is 18.7 Å². The summed E-state index contributed by atoms with van der Waals surface area (Å²) in [6, 6.07) is 6.03. The van der Waals surface area contributed by atoms with Crippen LogP contribution >= 0.6 is 0 Å². The molecule has 0 heterocycles. The first-order chi connectivity index (χ1) is 10.7. The van der Waals surface area contributed by atoms with Gasteiger partial charge < -0.3 is 10.1 Å². The smallest absolute Gasteiger partial charge is 0.407 e. The van der Waals surface area contributed by atoms with E-state index in [2.05, 4.69) is 5.32 Å². The van der Waals surface area contributed by atoms with E-state index in [4.69, 9.17) is 10.00 Å². The molecule has 0 fully saturated rings. The van der Waals surface area contributed by atoms with Crippen LogP contribution in [0.5, 0.6) is 0 Å². The number of non-ortho nitro benzene ring substituents is 1. The van der Waals surface area contributed by atoms with Gasteiger partial charge in [-0.2, -0.15) is 5.26 Å². The number of rotatable bonds is 5. The summed E-state index contributed by atoms with van der Waals surface area (Å²) >= 11 is 0. The molecule has 0 saturated heterocycles. The Labute approximate surface area is 134 Å². The number of alkyl carbamates (subject to hydrolysis) is 1. The van der Waals surface area contributed by atoms with Crippen molar-refractivity contribution < 1.29 is 14.5 Å². The van der Waals surface area contributed by atoms with Crippen molar-refractivity contribution in [3.8, 4) is 6.07 Å². The molecule has 1 amide bonds. The van der Waals surface area contributed by atoms with Crippen molar-refractivity contribution in [3.63, 3.8) is 0 Å². The van der Waals surface area contributed by atoms with Gasteiger partial charge in [-0.15, -0.1) is 0 Å². The number of nitriles is 1. The highest BCUT2D eigenvalue weighted by Crippen LogP contribution is 2.18. The molecule has 1 aromatic rings. The van der Waals surface area contributed by atoms with E-state index in [0.717, 1.165) is 0 Å². The third kappa shape index (κ3) is 6.61. The van der Waals surface area contributed by atoms with Crippen LogP contribution in [0.15, 0.2) is 24.3 Å². The second-order valence-electron chi connectivity index (χ2n) is 5.76. The Morgan fingerprint density at radius 1 is 1.48 bits per heavy atom. The summed E-state index contributed by atoms with van der Waals surface area (Å²) in [5.74, 6) is 0. The van der Waals surface area contributed by atoms with Crippen molar-refractivity contribution >= 4 is 17.9 Å². The van der Waals surface area contributed by atoms with Crippen LogP contribution in [0, 0.1) is 21.4 Å². The monoisotopic (exact) mass is 317 g/mol. The third-order valence-corrected chi connectivity index (χ3v) is 2.64. The van der Waals surface area contributed by atoms with Crippen molar-refractivity contribution in [2.75, 3.05) is 6.54 Å². The van der Waals surface area contributed by atoms with E-state index in [9.17, 15) is 14.9 Å². The van der Waals surface area contributed by atoms with Crippen LogP contribution in [-0.2, 0) is 4.74 Å². The van der Waals surface area contributed by atoms with Crippen LogP contribution in [0.1, 0.15) is 38.3 Å². The van der Waals surface area contributed by atoms with Crippen LogP contribution in [-0.4, -0.2) is 23.2 Å². The van der Waals surface area contributed by atoms with Crippen LogP contribution in [0.4, 0.5) is 10.5 Å². The molecule has 0 atom stereocenters. The summed E-state index contributed by atoms with van der Waals surface area (Å²) in [5.41, 5.74) is 0.164. The Kier molecular flexibility index (Phi) is 6.27. The van der Waals surface area contributed by atoms with Crippen molar-refractivity contribution in [2.45, 2.75) is 32.8 Å². The van der Waals surface area contributed by atoms with Gasteiger partial charge in [0.25, 0.3) is 5.69 Å². The van der Waals surface area contributed by atoms with E-state index in [-0.39, 0.29) is 11.3 Å². The third-order valence-electron chi connectivity index (χ3n) is 2.64. The molecule has 0 spiro atoms. The fraction of sp³-hybridized carbons (Fsp3) is 0.375. The van der Waals surface area contributed by atoms with Gasteiger partial charge in [0.2, 0.25) is 0 Å².